The third-order valence-electron chi connectivity index (χ3n) is 5.50. The molecule has 28 heavy (non-hydrogen) atoms. The third kappa shape index (κ3) is 2.88. The van der Waals surface area contributed by atoms with Gasteiger partial charge in [0, 0.05) is 23.6 Å². The first-order chi connectivity index (χ1) is 13.7. The number of hydrogen-bond donors (Lipinski definition) is 2. The van der Waals surface area contributed by atoms with Crippen molar-refractivity contribution in [2.75, 3.05) is 20.3 Å². The molecule has 0 aliphatic carbocycles. The standard InChI is InChI=1S/C19H21N5O4/c1-26-19(25)14-8-24(23-22-14)16-10-28-17-15(9-27-18(16)17)21-7-11-6-20-13-5-3-2-4-12(11)13/h2-6,8,15-18,20-21H,7,9-10H2,1H3/t15-,16-,17+,18+/m0/s1. The lowest BCUT2D eigenvalue weighted by Crippen LogP contribution is -2.40. The predicted molar refractivity (Wildman–Crippen MR) is 98.8 cm³/mol. The van der Waals surface area contributed by atoms with E-state index in [9.17, 15) is 4.79 Å². The number of methoxy groups -OCH3 is 1. The number of fused-ring (bicyclic) bond motifs is 2. The first-order valence-electron chi connectivity index (χ1n) is 9.26. The SMILES string of the molecule is COC(=O)c1cn([C@H]2CO[C@H]3[C@@H]2OC[C@@H]3NCc2c[nH]c3ccccc23)nn1. The van der Waals surface area contributed by atoms with E-state index in [1.165, 1.54) is 18.1 Å². The number of esters is 1. The monoisotopic (exact) mass is 383 g/mol. The van der Waals surface area contributed by atoms with Gasteiger partial charge in [0.15, 0.2) is 5.69 Å². The van der Waals surface area contributed by atoms with E-state index in [-0.39, 0.29) is 30.0 Å². The molecule has 3 aromatic rings. The largest absolute Gasteiger partial charge is 0.464 e. The summed E-state index contributed by atoms with van der Waals surface area (Å²) in [6, 6.07) is 8.22. The molecule has 2 aromatic heterocycles. The highest BCUT2D eigenvalue weighted by molar-refractivity contribution is 5.86. The normalized spacial score (nSPS) is 26.6. The molecule has 9 nitrogen and oxygen atoms in total. The van der Waals surface area contributed by atoms with Gasteiger partial charge in [-0.15, -0.1) is 5.10 Å². The van der Waals surface area contributed by atoms with Gasteiger partial charge in [0.25, 0.3) is 0 Å². The highest BCUT2D eigenvalue weighted by atomic mass is 16.6. The highest BCUT2D eigenvalue weighted by Crippen LogP contribution is 2.34. The van der Waals surface area contributed by atoms with E-state index >= 15 is 0 Å². The van der Waals surface area contributed by atoms with Crippen LogP contribution in [-0.2, 0) is 20.8 Å². The van der Waals surface area contributed by atoms with Crippen LogP contribution in [0.3, 0.4) is 0 Å². The van der Waals surface area contributed by atoms with Crippen LogP contribution in [0.4, 0.5) is 0 Å². The number of aromatic amines is 1. The molecule has 1 aromatic carbocycles. The number of rotatable bonds is 5. The Labute approximate surface area is 160 Å². The van der Waals surface area contributed by atoms with Crippen molar-refractivity contribution in [2.45, 2.75) is 30.8 Å². The molecule has 0 amide bonds. The second-order valence-electron chi connectivity index (χ2n) is 7.09. The minimum atomic E-state index is -0.507. The van der Waals surface area contributed by atoms with Gasteiger partial charge in [0.1, 0.15) is 18.2 Å². The second kappa shape index (κ2) is 7.01. The van der Waals surface area contributed by atoms with Crippen molar-refractivity contribution < 1.29 is 19.0 Å². The van der Waals surface area contributed by atoms with Crippen molar-refractivity contribution in [1.29, 1.82) is 0 Å². The van der Waals surface area contributed by atoms with Gasteiger partial charge < -0.3 is 24.5 Å². The number of carbonyl (C=O) groups excluding carboxylic acids is 1. The molecule has 2 fully saturated rings. The van der Waals surface area contributed by atoms with E-state index in [1.54, 1.807) is 10.9 Å². The van der Waals surface area contributed by atoms with E-state index in [4.69, 9.17) is 9.47 Å². The number of H-pyrrole nitrogens is 1. The zero-order valence-corrected chi connectivity index (χ0v) is 15.4. The van der Waals surface area contributed by atoms with E-state index in [0.29, 0.717) is 13.2 Å². The minimum absolute atomic E-state index is 0.0685. The molecule has 0 radical (unpaired) electrons. The third-order valence-corrected chi connectivity index (χ3v) is 5.50. The number of nitrogens with one attached hydrogen (secondary N) is 2. The second-order valence-corrected chi connectivity index (χ2v) is 7.09. The lowest BCUT2D eigenvalue weighted by atomic mass is 10.1. The number of para-hydroxylation sites is 1. The number of ether oxygens (including phenoxy) is 3. The van der Waals surface area contributed by atoms with Crippen LogP contribution in [0.5, 0.6) is 0 Å². The summed E-state index contributed by atoms with van der Waals surface area (Å²) in [4.78, 5) is 14.9. The van der Waals surface area contributed by atoms with Crippen LogP contribution in [0.2, 0.25) is 0 Å². The molecule has 0 bridgehead atoms. The van der Waals surface area contributed by atoms with E-state index in [1.807, 2.05) is 18.3 Å². The molecule has 2 saturated heterocycles. The van der Waals surface area contributed by atoms with Crippen molar-refractivity contribution in [3.63, 3.8) is 0 Å². The van der Waals surface area contributed by atoms with Gasteiger partial charge in [0.2, 0.25) is 0 Å². The zero-order chi connectivity index (χ0) is 19.1. The predicted octanol–water partition coefficient (Wildman–Crippen LogP) is 1.04. The molecule has 2 aliphatic rings. The number of hydrogen-bond acceptors (Lipinski definition) is 7. The lowest BCUT2D eigenvalue weighted by molar-refractivity contribution is 0.0592. The molecule has 4 heterocycles. The Kier molecular flexibility index (Phi) is 4.34. The fourth-order valence-electron chi connectivity index (χ4n) is 4.04. The Morgan fingerprint density at radius 2 is 2.18 bits per heavy atom. The molecule has 9 heteroatoms. The van der Waals surface area contributed by atoms with Crippen LogP contribution in [0.1, 0.15) is 22.1 Å². The molecular formula is C19H21N5O4. The molecule has 2 N–H and O–H groups in total. The van der Waals surface area contributed by atoms with Gasteiger partial charge in [-0.3, -0.25) is 0 Å². The molecule has 4 atom stereocenters. The van der Waals surface area contributed by atoms with Crippen LogP contribution in [0.15, 0.2) is 36.7 Å². The maximum atomic E-state index is 11.6. The van der Waals surface area contributed by atoms with Crippen molar-refractivity contribution in [3.8, 4) is 0 Å². The van der Waals surface area contributed by atoms with Gasteiger partial charge in [0.05, 0.1) is 32.6 Å². The minimum Gasteiger partial charge on any atom is -0.464 e. The Morgan fingerprint density at radius 1 is 1.32 bits per heavy atom. The maximum Gasteiger partial charge on any atom is 0.360 e. The summed E-state index contributed by atoms with van der Waals surface area (Å²) < 4.78 is 18.3. The van der Waals surface area contributed by atoms with Gasteiger partial charge in [-0.05, 0) is 11.6 Å². The van der Waals surface area contributed by atoms with E-state index in [2.05, 4.69) is 37.5 Å². The number of benzene rings is 1. The van der Waals surface area contributed by atoms with E-state index < -0.39 is 5.97 Å². The van der Waals surface area contributed by atoms with Crippen LogP contribution < -0.4 is 5.32 Å². The van der Waals surface area contributed by atoms with Gasteiger partial charge in [-0.25, -0.2) is 9.48 Å². The Bertz CT molecular complexity index is 999. The molecule has 0 spiro atoms. The van der Waals surface area contributed by atoms with E-state index in [0.717, 1.165) is 12.1 Å². The van der Waals surface area contributed by atoms with Crippen molar-refractivity contribution >= 4 is 16.9 Å². The number of carbonyl (C=O) groups is 1. The molecule has 2 aliphatic heterocycles. The van der Waals surface area contributed by atoms with Crippen LogP contribution in [0.25, 0.3) is 10.9 Å². The fraction of sp³-hybridized carbons (Fsp3) is 0.421. The first kappa shape index (κ1) is 17.4. The fourth-order valence-corrected chi connectivity index (χ4v) is 4.04. The van der Waals surface area contributed by atoms with Gasteiger partial charge in [-0.1, -0.05) is 23.4 Å². The summed E-state index contributed by atoms with van der Waals surface area (Å²) in [7, 11) is 1.32. The molecule has 0 saturated carbocycles. The zero-order valence-electron chi connectivity index (χ0n) is 15.4. The summed E-state index contributed by atoms with van der Waals surface area (Å²) in [6.07, 6.45) is 3.42. The molecular weight excluding hydrogens is 362 g/mol. The van der Waals surface area contributed by atoms with Gasteiger partial charge in [-0.2, -0.15) is 0 Å². The smallest absolute Gasteiger partial charge is 0.360 e. The number of aromatic nitrogens is 4. The summed E-state index contributed by atoms with van der Waals surface area (Å²) in [6.45, 7) is 1.75. The van der Waals surface area contributed by atoms with Crippen molar-refractivity contribution in [2.24, 2.45) is 0 Å². The topological polar surface area (TPSA) is 103 Å². The molecule has 146 valence electrons. The highest BCUT2D eigenvalue weighted by Gasteiger charge is 2.48. The Balaban J connectivity index is 1.25. The van der Waals surface area contributed by atoms with Crippen LogP contribution in [0, 0.1) is 0 Å². The Morgan fingerprint density at radius 3 is 3.07 bits per heavy atom. The number of nitrogens with zero attached hydrogens (tertiary/aromatic N) is 3. The maximum absolute atomic E-state index is 11.6. The van der Waals surface area contributed by atoms with Crippen LogP contribution in [-0.4, -0.2) is 64.5 Å². The molecule has 5 rings (SSSR count). The summed E-state index contributed by atoms with van der Waals surface area (Å²) >= 11 is 0. The average molecular weight is 383 g/mol. The summed E-state index contributed by atoms with van der Waals surface area (Å²) in [5, 5.41) is 12.7. The quantitative estimate of drug-likeness (QED) is 0.635. The van der Waals surface area contributed by atoms with Gasteiger partial charge >= 0.3 is 5.97 Å². The lowest BCUT2D eigenvalue weighted by Gasteiger charge is -2.17. The van der Waals surface area contributed by atoms with Crippen LogP contribution >= 0.6 is 0 Å². The average Bonchev–Trinajstić information content (AvgIpc) is 3.48. The summed E-state index contributed by atoms with van der Waals surface area (Å²) in [5.41, 5.74) is 2.52. The Hall–Kier alpha value is -2.75. The molecule has 0 unspecified atom stereocenters. The first-order valence-corrected chi connectivity index (χ1v) is 9.26. The van der Waals surface area contributed by atoms with Crippen molar-refractivity contribution in [1.82, 2.24) is 25.3 Å². The summed E-state index contributed by atoms with van der Waals surface area (Å²) in [5.74, 6) is -0.507. The van der Waals surface area contributed by atoms with Crippen molar-refractivity contribution in [3.05, 3.63) is 47.9 Å².